The molecule has 0 saturated carbocycles. The van der Waals surface area contributed by atoms with Gasteiger partial charge in [0, 0.05) is 6.54 Å². The summed E-state index contributed by atoms with van der Waals surface area (Å²) in [6.45, 7) is 8.98. The minimum atomic E-state index is -1.17. The highest BCUT2D eigenvalue weighted by Gasteiger charge is 2.47. The SMILES string of the molecule is CCCC(C)(NC(=O)C1(C(C)C)CCNC1)C(=O)O. The van der Waals surface area contributed by atoms with Crippen LogP contribution in [0.5, 0.6) is 0 Å². The summed E-state index contributed by atoms with van der Waals surface area (Å²) in [5, 5.41) is 15.3. The number of carbonyl (C=O) groups is 2. The molecule has 0 bridgehead atoms. The van der Waals surface area contributed by atoms with Crippen LogP contribution in [0.4, 0.5) is 0 Å². The lowest BCUT2D eigenvalue weighted by Gasteiger charge is -2.35. The summed E-state index contributed by atoms with van der Waals surface area (Å²) in [6.07, 6.45) is 1.92. The minimum absolute atomic E-state index is 0.133. The average molecular weight is 270 g/mol. The molecule has 1 fully saturated rings. The van der Waals surface area contributed by atoms with Crippen molar-refractivity contribution in [3.63, 3.8) is 0 Å². The molecule has 0 aromatic heterocycles. The van der Waals surface area contributed by atoms with E-state index in [2.05, 4.69) is 10.6 Å². The van der Waals surface area contributed by atoms with Crippen LogP contribution in [0.1, 0.15) is 47.0 Å². The van der Waals surface area contributed by atoms with E-state index in [1.807, 2.05) is 20.8 Å². The predicted octanol–water partition coefficient (Wildman–Crippen LogP) is 1.38. The average Bonchev–Trinajstić information content (AvgIpc) is 2.79. The molecule has 110 valence electrons. The van der Waals surface area contributed by atoms with Crippen LogP contribution in [0.25, 0.3) is 0 Å². The summed E-state index contributed by atoms with van der Waals surface area (Å²) in [6, 6.07) is 0. The molecule has 1 rings (SSSR count). The molecule has 1 aliphatic rings. The largest absolute Gasteiger partial charge is 0.480 e. The molecule has 1 amide bonds. The van der Waals surface area contributed by atoms with Gasteiger partial charge >= 0.3 is 5.97 Å². The molecule has 5 nitrogen and oxygen atoms in total. The second kappa shape index (κ2) is 5.90. The van der Waals surface area contributed by atoms with Crippen LogP contribution < -0.4 is 10.6 Å². The Morgan fingerprint density at radius 3 is 2.47 bits per heavy atom. The highest BCUT2D eigenvalue weighted by Crippen LogP contribution is 2.35. The Kier molecular flexibility index (Phi) is 4.96. The van der Waals surface area contributed by atoms with Crippen LogP contribution in [-0.2, 0) is 9.59 Å². The van der Waals surface area contributed by atoms with Crippen molar-refractivity contribution in [1.29, 1.82) is 0 Å². The van der Waals surface area contributed by atoms with Crippen LogP contribution in [0.15, 0.2) is 0 Å². The van der Waals surface area contributed by atoms with Gasteiger partial charge in [-0.15, -0.1) is 0 Å². The Morgan fingerprint density at radius 1 is 1.47 bits per heavy atom. The fourth-order valence-electron chi connectivity index (χ4n) is 2.76. The van der Waals surface area contributed by atoms with Gasteiger partial charge < -0.3 is 15.7 Å². The third-order valence-electron chi connectivity index (χ3n) is 4.36. The number of nitrogens with one attached hydrogen (secondary N) is 2. The van der Waals surface area contributed by atoms with E-state index in [9.17, 15) is 14.7 Å². The molecule has 0 radical (unpaired) electrons. The summed E-state index contributed by atoms with van der Waals surface area (Å²) in [4.78, 5) is 24.0. The van der Waals surface area contributed by atoms with Gasteiger partial charge in [0.25, 0.3) is 0 Å². The van der Waals surface area contributed by atoms with Gasteiger partial charge in [0.15, 0.2) is 0 Å². The normalized spacial score (nSPS) is 26.2. The van der Waals surface area contributed by atoms with Crippen LogP contribution in [0, 0.1) is 11.3 Å². The first kappa shape index (κ1) is 16.0. The highest BCUT2D eigenvalue weighted by molar-refractivity contribution is 5.90. The van der Waals surface area contributed by atoms with E-state index in [1.54, 1.807) is 6.92 Å². The summed E-state index contributed by atoms with van der Waals surface area (Å²) >= 11 is 0. The number of amides is 1. The molecule has 2 unspecified atom stereocenters. The number of hydrogen-bond donors (Lipinski definition) is 3. The Morgan fingerprint density at radius 2 is 2.11 bits per heavy atom. The number of carboxylic acids is 1. The Hall–Kier alpha value is -1.10. The lowest BCUT2D eigenvalue weighted by molar-refractivity contribution is -0.149. The van der Waals surface area contributed by atoms with Crippen molar-refractivity contribution in [3.05, 3.63) is 0 Å². The van der Waals surface area contributed by atoms with E-state index in [-0.39, 0.29) is 11.8 Å². The van der Waals surface area contributed by atoms with Crippen molar-refractivity contribution < 1.29 is 14.7 Å². The Balaban J connectivity index is 2.90. The maximum atomic E-state index is 12.6. The van der Waals surface area contributed by atoms with E-state index in [0.717, 1.165) is 19.4 Å². The van der Waals surface area contributed by atoms with E-state index < -0.39 is 16.9 Å². The highest BCUT2D eigenvalue weighted by atomic mass is 16.4. The topological polar surface area (TPSA) is 78.4 Å². The molecular weight excluding hydrogens is 244 g/mol. The number of hydrogen-bond acceptors (Lipinski definition) is 3. The fourth-order valence-corrected chi connectivity index (χ4v) is 2.76. The standard InChI is InChI=1S/C14H26N2O3/c1-5-6-13(4,12(18)19)16-11(17)14(10(2)3)7-8-15-9-14/h10,15H,5-9H2,1-4H3,(H,16,17)(H,18,19). The lowest BCUT2D eigenvalue weighted by atomic mass is 9.75. The van der Waals surface area contributed by atoms with E-state index in [1.165, 1.54) is 0 Å². The van der Waals surface area contributed by atoms with Crippen molar-refractivity contribution in [3.8, 4) is 0 Å². The predicted molar refractivity (Wildman–Crippen MR) is 73.8 cm³/mol. The van der Waals surface area contributed by atoms with Crippen molar-refractivity contribution in [1.82, 2.24) is 10.6 Å². The van der Waals surface area contributed by atoms with Crippen molar-refractivity contribution in [2.75, 3.05) is 13.1 Å². The summed E-state index contributed by atoms with van der Waals surface area (Å²) in [7, 11) is 0. The first-order valence-electron chi connectivity index (χ1n) is 7.05. The molecule has 0 aromatic carbocycles. The zero-order valence-electron chi connectivity index (χ0n) is 12.4. The monoisotopic (exact) mass is 270 g/mol. The third kappa shape index (κ3) is 3.08. The molecule has 1 heterocycles. The third-order valence-corrected chi connectivity index (χ3v) is 4.36. The zero-order chi connectivity index (χ0) is 14.7. The van der Waals surface area contributed by atoms with Crippen molar-refractivity contribution >= 4 is 11.9 Å². The molecule has 0 spiro atoms. The molecule has 5 heteroatoms. The quantitative estimate of drug-likeness (QED) is 0.681. The zero-order valence-corrected chi connectivity index (χ0v) is 12.4. The number of carboxylic acid groups (broad SMARTS) is 1. The van der Waals surface area contributed by atoms with Gasteiger partial charge in [0.2, 0.25) is 5.91 Å². The van der Waals surface area contributed by atoms with E-state index in [0.29, 0.717) is 13.0 Å². The molecule has 0 aliphatic carbocycles. The van der Waals surface area contributed by atoms with Gasteiger partial charge in [-0.1, -0.05) is 27.2 Å². The molecular formula is C14H26N2O3. The summed E-state index contributed by atoms with van der Waals surface area (Å²) < 4.78 is 0. The second-order valence-corrected chi connectivity index (χ2v) is 6.08. The minimum Gasteiger partial charge on any atom is -0.480 e. The first-order valence-corrected chi connectivity index (χ1v) is 7.05. The van der Waals surface area contributed by atoms with E-state index >= 15 is 0 Å². The van der Waals surface area contributed by atoms with Gasteiger partial charge in [0.05, 0.1) is 5.41 Å². The molecule has 2 atom stereocenters. The van der Waals surface area contributed by atoms with Crippen LogP contribution >= 0.6 is 0 Å². The molecule has 1 saturated heterocycles. The van der Waals surface area contributed by atoms with Crippen LogP contribution in [0.3, 0.4) is 0 Å². The second-order valence-electron chi connectivity index (χ2n) is 6.08. The Labute approximate surface area is 115 Å². The molecule has 19 heavy (non-hydrogen) atoms. The van der Waals surface area contributed by atoms with Gasteiger partial charge in [0.1, 0.15) is 5.54 Å². The number of carbonyl (C=O) groups excluding carboxylic acids is 1. The van der Waals surface area contributed by atoms with Gasteiger partial charge in [-0.2, -0.15) is 0 Å². The lowest BCUT2D eigenvalue weighted by Crippen LogP contribution is -2.58. The van der Waals surface area contributed by atoms with Crippen molar-refractivity contribution in [2.45, 2.75) is 52.5 Å². The van der Waals surface area contributed by atoms with Gasteiger partial charge in [-0.05, 0) is 32.2 Å². The number of rotatable bonds is 6. The maximum absolute atomic E-state index is 12.6. The summed E-state index contributed by atoms with van der Waals surface area (Å²) in [5.74, 6) is -0.916. The molecule has 1 aliphatic heterocycles. The van der Waals surface area contributed by atoms with Gasteiger partial charge in [-0.3, -0.25) is 4.79 Å². The van der Waals surface area contributed by atoms with Crippen molar-refractivity contribution in [2.24, 2.45) is 11.3 Å². The fraction of sp³-hybridized carbons (Fsp3) is 0.857. The molecule has 0 aromatic rings. The van der Waals surface area contributed by atoms with Crippen LogP contribution in [-0.4, -0.2) is 35.6 Å². The van der Waals surface area contributed by atoms with E-state index in [4.69, 9.17) is 0 Å². The summed E-state index contributed by atoms with van der Waals surface area (Å²) in [5.41, 5.74) is -1.65. The van der Waals surface area contributed by atoms with Crippen LogP contribution in [0.2, 0.25) is 0 Å². The number of aliphatic carboxylic acids is 1. The maximum Gasteiger partial charge on any atom is 0.329 e. The smallest absolute Gasteiger partial charge is 0.329 e. The first-order chi connectivity index (χ1) is 8.78. The van der Waals surface area contributed by atoms with Gasteiger partial charge in [-0.25, -0.2) is 4.79 Å². The molecule has 3 N–H and O–H groups in total. The Bertz CT molecular complexity index is 349.